The maximum atomic E-state index is 12.2. The average Bonchev–Trinajstić information content (AvgIpc) is 2.84. The molecule has 0 aromatic heterocycles. The van der Waals surface area contributed by atoms with Gasteiger partial charge in [0.05, 0.1) is 0 Å². The van der Waals surface area contributed by atoms with Crippen molar-refractivity contribution < 1.29 is 9.53 Å². The van der Waals surface area contributed by atoms with Crippen LogP contribution in [-0.2, 0) is 10.2 Å². The lowest BCUT2D eigenvalue weighted by Crippen LogP contribution is -2.35. The summed E-state index contributed by atoms with van der Waals surface area (Å²) >= 11 is 0. The van der Waals surface area contributed by atoms with E-state index in [1.807, 2.05) is 25.7 Å². The van der Waals surface area contributed by atoms with Gasteiger partial charge >= 0.3 is 6.09 Å². The molecule has 1 fully saturated rings. The standard InChI is InChI=1S/C20H31NO2/c1-14-10-16(12-17(11-14)19(2,3)4)15-8-9-21(13-15)18(22)23-20(5,6)7/h10-12,15H,8-9,13H2,1-7H3. The molecule has 0 aliphatic carbocycles. The van der Waals surface area contributed by atoms with E-state index in [1.165, 1.54) is 16.7 Å². The second kappa shape index (κ2) is 6.18. The molecule has 0 radical (unpaired) electrons. The molecule has 1 aromatic rings. The molecule has 1 aliphatic rings. The summed E-state index contributed by atoms with van der Waals surface area (Å²) in [5.74, 6) is 0.406. The number of hydrogen-bond acceptors (Lipinski definition) is 2. The summed E-state index contributed by atoms with van der Waals surface area (Å²) in [6.07, 6.45) is 0.815. The topological polar surface area (TPSA) is 29.5 Å². The predicted molar refractivity (Wildman–Crippen MR) is 95.0 cm³/mol. The van der Waals surface area contributed by atoms with E-state index < -0.39 is 5.60 Å². The monoisotopic (exact) mass is 317 g/mol. The summed E-state index contributed by atoms with van der Waals surface area (Å²) in [7, 11) is 0. The van der Waals surface area contributed by atoms with Crippen molar-refractivity contribution in [1.82, 2.24) is 4.90 Å². The minimum Gasteiger partial charge on any atom is -0.444 e. The lowest BCUT2D eigenvalue weighted by molar-refractivity contribution is 0.0292. The van der Waals surface area contributed by atoms with Gasteiger partial charge in [-0.1, -0.05) is 44.5 Å². The van der Waals surface area contributed by atoms with Crippen LogP contribution in [0.25, 0.3) is 0 Å². The molecule has 1 aromatic carbocycles. The summed E-state index contributed by atoms with van der Waals surface area (Å²) in [6, 6.07) is 6.85. The molecule has 0 spiro atoms. The zero-order chi connectivity index (χ0) is 17.4. The quantitative estimate of drug-likeness (QED) is 0.728. The zero-order valence-corrected chi connectivity index (χ0v) is 15.7. The van der Waals surface area contributed by atoms with Crippen molar-refractivity contribution in [2.24, 2.45) is 0 Å². The van der Waals surface area contributed by atoms with Gasteiger partial charge in [0.1, 0.15) is 5.60 Å². The van der Waals surface area contributed by atoms with Gasteiger partial charge in [-0.25, -0.2) is 4.79 Å². The predicted octanol–water partition coefficient (Wildman–Crippen LogP) is 5.02. The Labute approximate surface area is 141 Å². The molecule has 3 heteroatoms. The normalized spacial score (nSPS) is 19.1. The van der Waals surface area contributed by atoms with Crippen molar-refractivity contribution in [1.29, 1.82) is 0 Å². The van der Waals surface area contributed by atoms with Gasteiger partial charge in [-0.15, -0.1) is 0 Å². The second-order valence-electron chi connectivity index (χ2n) is 8.79. The third-order valence-corrected chi connectivity index (χ3v) is 4.28. The van der Waals surface area contributed by atoms with Crippen LogP contribution < -0.4 is 0 Å². The number of likely N-dealkylation sites (tertiary alicyclic amines) is 1. The van der Waals surface area contributed by atoms with Crippen LogP contribution in [0.15, 0.2) is 18.2 Å². The molecule has 2 rings (SSSR count). The minimum atomic E-state index is -0.433. The van der Waals surface area contributed by atoms with Crippen molar-refractivity contribution in [3.05, 3.63) is 34.9 Å². The van der Waals surface area contributed by atoms with Crippen LogP contribution in [0.2, 0.25) is 0 Å². The van der Waals surface area contributed by atoms with Gasteiger partial charge in [-0.3, -0.25) is 0 Å². The highest BCUT2D eigenvalue weighted by atomic mass is 16.6. The molecule has 1 amide bonds. The molecule has 0 saturated carbocycles. The lowest BCUT2D eigenvalue weighted by Gasteiger charge is -2.25. The molecule has 1 unspecified atom stereocenters. The summed E-state index contributed by atoms with van der Waals surface area (Å²) in [4.78, 5) is 14.1. The van der Waals surface area contributed by atoms with Gasteiger partial charge in [-0.05, 0) is 50.7 Å². The number of hydrogen-bond donors (Lipinski definition) is 0. The Balaban J connectivity index is 2.13. The van der Waals surface area contributed by atoms with Gasteiger partial charge in [0.15, 0.2) is 0 Å². The van der Waals surface area contributed by atoms with E-state index >= 15 is 0 Å². The third kappa shape index (κ3) is 4.73. The highest BCUT2D eigenvalue weighted by Gasteiger charge is 2.31. The van der Waals surface area contributed by atoms with E-state index in [9.17, 15) is 4.79 Å². The van der Waals surface area contributed by atoms with Crippen LogP contribution in [-0.4, -0.2) is 29.7 Å². The van der Waals surface area contributed by atoms with Crippen LogP contribution in [0.1, 0.15) is 70.6 Å². The Morgan fingerprint density at radius 1 is 1.13 bits per heavy atom. The number of ether oxygens (including phenoxy) is 1. The fourth-order valence-electron chi connectivity index (χ4n) is 3.01. The second-order valence-corrected chi connectivity index (χ2v) is 8.79. The summed E-state index contributed by atoms with van der Waals surface area (Å²) in [5, 5.41) is 0. The van der Waals surface area contributed by atoms with Crippen molar-refractivity contribution in [3.63, 3.8) is 0 Å². The number of benzene rings is 1. The first-order valence-corrected chi connectivity index (χ1v) is 8.56. The summed E-state index contributed by atoms with van der Waals surface area (Å²) in [5.41, 5.74) is 3.72. The van der Waals surface area contributed by atoms with Crippen LogP contribution in [0.5, 0.6) is 0 Å². The van der Waals surface area contributed by atoms with E-state index in [0.29, 0.717) is 5.92 Å². The molecule has 3 nitrogen and oxygen atoms in total. The minimum absolute atomic E-state index is 0.143. The van der Waals surface area contributed by atoms with E-state index in [4.69, 9.17) is 4.74 Å². The van der Waals surface area contributed by atoms with E-state index in [0.717, 1.165) is 19.5 Å². The van der Waals surface area contributed by atoms with Crippen molar-refractivity contribution in [3.8, 4) is 0 Å². The van der Waals surface area contributed by atoms with Crippen molar-refractivity contribution in [2.45, 2.75) is 71.8 Å². The Kier molecular flexibility index (Phi) is 4.79. The van der Waals surface area contributed by atoms with Crippen molar-refractivity contribution >= 4 is 6.09 Å². The molecular weight excluding hydrogens is 286 g/mol. The Bertz CT molecular complexity index is 578. The van der Waals surface area contributed by atoms with Crippen LogP contribution in [0.4, 0.5) is 4.79 Å². The zero-order valence-electron chi connectivity index (χ0n) is 15.7. The first-order valence-electron chi connectivity index (χ1n) is 8.56. The summed E-state index contributed by atoms with van der Waals surface area (Å²) in [6.45, 7) is 16.1. The number of aryl methyl sites for hydroxylation is 1. The molecule has 23 heavy (non-hydrogen) atoms. The average molecular weight is 317 g/mol. The molecule has 128 valence electrons. The van der Waals surface area contributed by atoms with Gasteiger partial charge in [0, 0.05) is 19.0 Å². The highest BCUT2D eigenvalue weighted by Crippen LogP contribution is 2.32. The molecule has 1 heterocycles. The summed E-state index contributed by atoms with van der Waals surface area (Å²) < 4.78 is 5.49. The number of rotatable bonds is 1. The fraction of sp³-hybridized carbons (Fsp3) is 0.650. The van der Waals surface area contributed by atoms with Crippen LogP contribution >= 0.6 is 0 Å². The maximum Gasteiger partial charge on any atom is 0.410 e. The molecule has 1 aliphatic heterocycles. The molecule has 0 bridgehead atoms. The smallest absolute Gasteiger partial charge is 0.410 e. The molecule has 1 atom stereocenters. The Morgan fingerprint density at radius 2 is 1.78 bits per heavy atom. The van der Waals surface area contributed by atoms with Crippen LogP contribution in [0, 0.1) is 6.92 Å². The van der Waals surface area contributed by atoms with Gasteiger partial charge < -0.3 is 9.64 Å². The van der Waals surface area contributed by atoms with Crippen molar-refractivity contribution in [2.75, 3.05) is 13.1 Å². The number of amides is 1. The van der Waals surface area contributed by atoms with Gasteiger partial charge in [0.2, 0.25) is 0 Å². The Morgan fingerprint density at radius 3 is 2.35 bits per heavy atom. The molecule has 0 N–H and O–H groups in total. The van der Waals surface area contributed by atoms with Gasteiger partial charge in [0.25, 0.3) is 0 Å². The highest BCUT2D eigenvalue weighted by molar-refractivity contribution is 5.68. The van der Waals surface area contributed by atoms with Gasteiger partial charge in [-0.2, -0.15) is 0 Å². The van der Waals surface area contributed by atoms with E-state index in [-0.39, 0.29) is 11.5 Å². The first kappa shape index (κ1) is 17.8. The van der Waals surface area contributed by atoms with Crippen LogP contribution in [0.3, 0.4) is 0 Å². The largest absolute Gasteiger partial charge is 0.444 e. The third-order valence-electron chi connectivity index (χ3n) is 4.28. The number of nitrogens with zero attached hydrogens (tertiary/aromatic N) is 1. The van der Waals surface area contributed by atoms with E-state index in [2.05, 4.69) is 45.9 Å². The lowest BCUT2D eigenvalue weighted by atomic mass is 9.83. The number of carbonyl (C=O) groups excluding carboxylic acids is 1. The Hall–Kier alpha value is -1.51. The molecule has 1 saturated heterocycles. The fourth-order valence-corrected chi connectivity index (χ4v) is 3.01. The SMILES string of the molecule is Cc1cc(C2CCN(C(=O)OC(C)(C)C)C2)cc(C(C)(C)C)c1. The maximum absolute atomic E-state index is 12.2. The first-order chi connectivity index (χ1) is 10.5. The number of carbonyl (C=O) groups is 1. The molecular formula is C20H31NO2. The van der Waals surface area contributed by atoms with E-state index in [1.54, 1.807) is 0 Å².